The van der Waals surface area contributed by atoms with Crippen molar-refractivity contribution in [2.45, 2.75) is 26.3 Å². The fourth-order valence-corrected chi connectivity index (χ4v) is 1.47. The minimum atomic E-state index is -0.0765. The number of hydrogen-bond acceptors (Lipinski definition) is 3. The molecule has 1 N–H and O–H groups in total. The Kier molecular flexibility index (Phi) is 6.22. The van der Waals surface area contributed by atoms with Crippen LogP contribution in [0, 0.1) is 0 Å². The molecule has 1 rings (SSSR count). The SMILES string of the molecule is COCCCOc1cccc(C(=O)NC(C)C)c1. The first-order valence-electron chi connectivity index (χ1n) is 6.16. The number of carbonyl (C=O) groups excluding carboxylic acids is 1. The van der Waals surface area contributed by atoms with Crippen LogP contribution in [0.2, 0.25) is 0 Å². The number of methoxy groups -OCH3 is 1. The van der Waals surface area contributed by atoms with Gasteiger partial charge in [0.25, 0.3) is 5.91 Å². The van der Waals surface area contributed by atoms with Crippen molar-refractivity contribution in [1.82, 2.24) is 5.32 Å². The first-order chi connectivity index (χ1) is 8.63. The van der Waals surface area contributed by atoms with Crippen molar-refractivity contribution in [2.24, 2.45) is 0 Å². The van der Waals surface area contributed by atoms with E-state index in [9.17, 15) is 4.79 Å². The average Bonchev–Trinajstić information content (AvgIpc) is 2.34. The smallest absolute Gasteiger partial charge is 0.251 e. The highest BCUT2D eigenvalue weighted by Gasteiger charge is 2.07. The Morgan fingerprint density at radius 2 is 2.11 bits per heavy atom. The van der Waals surface area contributed by atoms with Gasteiger partial charge in [0.05, 0.1) is 6.61 Å². The van der Waals surface area contributed by atoms with E-state index in [1.807, 2.05) is 26.0 Å². The molecule has 0 unspecified atom stereocenters. The van der Waals surface area contributed by atoms with Crippen LogP contribution in [0.5, 0.6) is 5.75 Å². The number of benzene rings is 1. The Labute approximate surface area is 108 Å². The highest BCUT2D eigenvalue weighted by molar-refractivity contribution is 5.94. The van der Waals surface area contributed by atoms with Gasteiger partial charge in [-0.3, -0.25) is 4.79 Å². The standard InChI is InChI=1S/C14H21NO3/c1-11(2)15-14(16)12-6-4-7-13(10-12)18-9-5-8-17-3/h4,6-7,10-11H,5,8-9H2,1-3H3,(H,15,16). The molecule has 0 fully saturated rings. The first-order valence-corrected chi connectivity index (χ1v) is 6.16. The molecular weight excluding hydrogens is 230 g/mol. The van der Waals surface area contributed by atoms with Crippen LogP contribution in [0.15, 0.2) is 24.3 Å². The zero-order valence-electron chi connectivity index (χ0n) is 11.2. The monoisotopic (exact) mass is 251 g/mol. The summed E-state index contributed by atoms with van der Waals surface area (Å²) in [5.74, 6) is 0.634. The molecule has 1 aromatic rings. The number of amides is 1. The molecule has 100 valence electrons. The second kappa shape index (κ2) is 7.71. The van der Waals surface area contributed by atoms with Crippen LogP contribution < -0.4 is 10.1 Å². The summed E-state index contributed by atoms with van der Waals surface area (Å²) < 4.78 is 10.5. The number of nitrogens with one attached hydrogen (secondary N) is 1. The normalized spacial score (nSPS) is 10.4. The van der Waals surface area contributed by atoms with Gasteiger partial charge in [-0.15, -0.1) is 0 Å². The van der Waals surface area contributed by atoms with Crippen molar-refractivity contribution < 1.29 is 14.3 Å². The predicted molar refractivity (Wildman–Crippen MR) is 71.0 cm³/mol. The van der Waals surface area contributed by atoms with Crippen molar-refractivity contribution in [3.8, 4) is 5.75 Å². The lowest BCUT2D eigenvalue weighted by atomic mass is 10.2. The van der Waals surface area contributed by atoms with Gasteiger partial charge in [0.2, 0.25) is 0 Å². The largest absolute Gasteiger partial charge is 0.493 e. The van der Waals surface area contributed by atoms with Gasteiger partial charge < -0.3 is 14.8 Å². The predicted octanol–water partition coefficient (Wildman–Crippen LogP) is 2.24. The molecule has 1 amide bonds. The minimum Gasteiger partial charge on any atom is -0.493 e. The molecule has 0 radical (unpaired) electrons. The van der Waals surface area contributed by atoms with E-state index in [2.05, 4.69) is 5.32 Å². The fraction of sp³-hybridized carbons (Fsp3) is 0.500. The molecule has 0 aliphatic carbocycles. The summed E-state index contributed by atoms with van der Waals surface area (Å²) in [6.07, 6.45) is 0.832. The van der Waals surface area contributed by atoms with Crippen LogP contribution in [0.4, 0.5) is 0 Å². The van der Waals surface area contributed by atoms with Crippen molar-refractivity contribution in [3.05, 3.63) is 29.8 Å². The fourth-order valence-electron chi connectivity index (χ4n) is 1.47. The Morgan fingerprint density at radius 3 is 2.78 bits per heavy atom. The van der Waals surface area contributed by atoms with Gasteiger partial charge in [0.15, 0.2) is 0 Å². The summed E-state index contributed by atoms with van der Waals surface area (Å²) in [5.41, 5.74) is 0.618. The van der Waals surface area contributed by atoms with Gasteiger partial charge in [-0.2, -0.15) is 0 Å². The van der Waals surface area contributed by atoms with Crippen LogP contribution in [0.3, 0.4) is 0 Å². The molecule has 0 saturated carbocycles. The molecule has 0 spiro atoms. The lowest BCUT2D eigenvalue weighted by Crippen LogP contribution is -2.30. The molecule has 1 aromatic carbocycles. The van der Waals surface area contributed by atoms with Gasteiger partial charge in [-0.1, -0.05) is 6.07 Å². The molecule has 0 aliphatic heterocycles. The van der Waals surface area contributed by atoms with Gasteiger partial charge in [-0.25, -0.2) is 0 Å². The minimum absolute atomic E-state index is 0.0765. The second-order valence-corrected chi connectivity index (χ2v) is 4.35. The van der Waals surface area contributed by atoms with Gasteiger partial charge in [0, 0.05) is 31.7 Å². The van der Waals surface area contributed by atoms with E-state index in [4.69, 9.17) is 9.47 Å². The summed E-state index contributed by atoms with van der Waals surface area (Å²) in [6, 6.07) is 7.33. The summed E-state index contributed by atoms with van der Waals surface area (Å²) >= 11 is 0. The summed E-state index contributed by atoms with van der Waals surface area (Å²) in [4.78, 5) is 11.8. The van der Waals surface area contributed by atoms with Crippen LogP contribution in [0.25, 0.3) is 0 Å². The van der Waals surface area contributed by atoms with Crippen molar-refractivity contribution in [3.63, 3.8) is 0 Å². The van der Waals surface area contributed by atoms with E-state index < -0.39 is 0 Å². The highest BCUT2D eigenvalue weighted by Crippen LogP contribution is 2.13. The molecule has 4 heteroatoms. The van der Waals surface area contributed by atoms with Crippen molar-refractivity contribution in [2.75, 3.05) is 20.3 Å². The quantitative estimate of drug-likeness (QED) is 0.756. The first kappa shape index (κ1) is 14.5. The summed E-state index contributed by atoms with van der Waals surface area (Å²) in [6.45, 7) is 5.13. The Bertz CT molecular complexity index is 377. The Balaban J connectivity index is 2.53. The van der Waals surface area contributed by atoms with E-state index in [0.29, 0.717) is 24.5 Å². The molecule has 0 bridgehead atoms. The molecule has 0 aliphatic rings. The Morgan fingerprint density at radius 1 is 1.33 bits per heavy atom. The lowest BCUT2D eigenvalue weighted by molar-refractivity contribution is 0.0942. The average molecular weight is 251 g/mol. The van der Waals surface area contributed by atoms with E-state index >= 15 is 0 Å². The van der Waals surface area contributed by atoms with Crippen LogP contribution in [0.1, 0.15) is 30.6 Å². The third kappa shape index (κ3) is 5.19. The molecular formula is C14H21NO3. The zero-order chi connectivity index (χ0) is 13.4. The molecule has 0 atom stereocenters. The molecule has 18 heavy (non-hydrogen) atoms. The van der Waals surface area contributed by atoms with Gasteiger partial charge in [0.1, 0.15) is 5.75 Å². The number of ether oxygens (including phenoxy) is 2. The lowest BCUT2D eigenvalue weighted by Gasteiger charge is -2.10. The van der Waals surface area contributed by atoms with Crippen LogP contribution in [-0.4, -0.2) is 32.3 Å². The topological polar surface area (TPSA) is 47.6 Å². The van der Waals surface area contributed by atoms with Crippen molar-refractivity contribution in [1.29, 1.82) is 0 Å². The maximum atomic E-state index is 11.8. The molecule has 0 heterocycles. The summed E-state index contributed by atoms with van der Waals surface area (Å²) in [5, 5.41) is 2.85. The van der Waals surface area contributed by atoms with Gasteiger partial charge in [-0.05, 0) is 32.0 Å². The molecule has 0 aromatic heterocycles. The van der Waals surface area contributed by atoms with E-state index in [-0.39, 0.29) is 11.9 Å². The highest BCUT2D eigenvalue weighted by atomic mass is 16.5. The van der Waals surface area contributed by atoms with E-state index in [1.54, 1.807) is 19.2 Å². The van der Waals surface area contributed by atoms with Crippen LogP contribution >= 0.6 is 0 Å². The molecule has 4 nitrogen and oxygen atoms in total. The summed E-state index contributed by atoms with van der Waals surface area (Å²) in [7, 11) is 1.66. The number of hydrogen-bond donors (Lipinski definition) is 1. The maximum absolute atomic E-state index is 11.8. The second-order valence-electron chi connectivity index (χ2n) is 4.35. The zero-order valence-corrected chi connectivity index (χ0v) is 11.2. The number of rotatable bonds is 7. The third-order valence-corrected chi connectivity index (χ3v) is 2.28. The van der Waals surface area contributed by atoms with Gasteiger partial charge >= 0.3 is 0 Å². The maximum Gasteiger partial charge on any atom is 0.251 e. The third-order valence-electron chi connectivity index (χ3n) is 2.28. The van der Waals surface area contributed by atoms with Crippen molar-refractivity contribution >= 4 is 5.91 Å². The molecule has 0 saturated heterocycles. The van der Waals surface area contributed by atoms with Crippen LogP contribution in [-0.2, 0) is 4.74 Å². The van der Waals surface area contributed by atoms with E-state index in [1.165, 1.54) is 0 Å². The Hall–Kier alpha value is -1.55. The van der Waals surface area contributed by atoms with E-state index in [0.717, 1.165) is 6.42 Å². The number of carbonyl (C=O) groups is 1.